The van der Waals surface area contributed by atoms with Gasteiger partial charge >= 0.3 is 0 Å². The van der Waals surface area contributed by atoms with Crippen LogP contribution in [0.2, 0.25) is 10.0 Å². The molecule has 0 atom stereocenters. The Kier molecular flexibility index (Phi) is 3.65. The molecule has 4 heteroatoms. The fraction of sp³-hybridized carbons (Fsp3) is 0.231. The maximum Gasteiger partial charge on any atom is 0.0641 e. The second-order valence-corrected chi connectivity index (χ2v) is 4.93. The molecule has 90 valence electrons. The van der Waals surface area contributed by atoms with Gasteiger partial charge in [0.15, 0.2) is 0 Å². The van der Waals surface area contributed by atoms with Crippen LogP contribution < -0.4 is 5.32 Å². The smallest absolute Gasteiger partial charge is 0.0641 e. The summed E-state index contributed by atoms with van der Waals surface area (Å²) in [6, 6.07) is 5.80. The molecule has 0 bridgehead atoms. The molecule has 1 aromatic carbocycles. The number of aromatic nitrogens is 1. The third-order valence-corrected chi connectivity index (χ3v) is 3.34. The molecule has 0 saturated carbocycles. The molecule has 0 aliphatic rings. The first-order valence-corrected chi connectivity index (χ1v) is 6.12. The molecule has 2 rings (SSSR count). The number of halogens is 2. The van der Waals surface area contributed by atoms with Crippen molar-refractivity contribution < 1.29 is 0 Å². The highest BCUT2D eigenvalue weighted by Gasteiger charge is 2.04. The average Bonchev–Trinajstić information content (AvgIpc) is 2.68. The SMILES string of the molecule is Cc1cc(Cl)c(NCc2ccn(C)c2)cc1Cl. The highest BCUT2D eigenvalue weighted by molar-refractivity contribution is 6.35. The maximum absolute atomic E-state index is 6.15. The van der Waals surface area contributed by atoms with Gasteiger partial charge in [0, 0.05) is 31.0 Å². The average molecular weight is 269 g/mol. The lowest BCUT2D eigenvalue weighted by molar-refractivity contribution is 0.920. The van der Waals surface area contributed by atoms with E-state index in [1.165, 1.54) is 5.56 Å². The molecule has 0 spiro atoms. The summed E-state index contributed by atoms with van der Waals surface area (Å²) in [7, 11) is 2.00. The molecule has 1 aromatic heterocycles. The number of hydrogen-bond donors (Lipinski definition) is 1. The third kappa shape index (κ3) is 2.96. The van der Waals surface area contributed by atoms with E-state index in [2.05, 4.69) is 17.6 Å². The van der Waals surface area contributed by atoms with Crippen LogP contribution in [0.5, 0.6) is 0 Å². The van der Waals surface area contributed by atoms with Crippen LogP contribution in [-0.2, 0) is 13.6 Å². The minimum absolute atomic E-state index is 0.697. The second kappa shape index (κ2) is 5.03. The van der Waals surface area contributed by atoms with Gasteiger partial charge in [-0.15, -0.1) is 0 Å². The highest BCUT2D eigenvalue weighted by atomic mass is 35.5. The van der Waals surface area contributed by atoms with Crippen LogP contribution in [-0.4, -0.2) is 4.57 Å². The fourth-order valence-corrected chi connectivity index (χ4v) is 2.09. The van der Waals surface area contributed by atoms with Crippen molar-refractivity contribution in [3.8, 4) is 0 Å². The van der Waals surface area contributed by atoms with E-state index in [0.717, 1.165) is 22.8 Å². The van der Waals surface area contributed by atoms with Crippen molar-refractivity contribution in [2.45, 2.75) is 13.5 Å². The standard InChI is InChI=1S/C13H14Cl2N2/c1-9-5-12(15)13(6-11(9)14)16-7-10-3-4-17(2)8-10/h3-6,8,16H,7H2,1-2H3. The van der Waals surface area contributed by atoms with E-state index in [0.29, 0.717) is 5.02 Å². The third-order valence-electron chi connectivity index (χ3n) is 2.62. The Labute approximate surface area is 111 Å². The van der Waals surface area contributed by atoms with E-state index in [1.807, 2.05) is 36.9 Å². The molecular weight excluding hydrogens is 255 g/mol. The van der Waals surface area contributed by atoms with Gasteiger partial charge in [-0.2, -0.15) is 0 Å². The Balaban J connectivity index is 2.11. The zero-order chi connectivity index (χ0) is 12.4. The van der Waals surface area contributed by atoms with E-state index in [4.69, 9.17) is 23.2 Å². The van der Waals surface area contributed by atoms with Crippen LogP contribution in [0.1, 0.15) is 11.1 Å². The summed E-state index contributed by atoms with van der Waals surface area (Å²) in [5, 5.41) is 4.70. The van der Waals surface area contributed by atoms with E-state index in [9.17, 15) is 0 Å². The number of hydrogen-bond acceptors (Lipinski definition) is 1. The molecule has 0 fully saturated rings. The molecule has 0 aliphatic carbocycles. The van der Waals surface area contributed by atoms with Crippen LogP contribution in [0.15, 0.2) is 30.6 Å². The number of rotatable bonds is 3. The first-order chi connectivity index (χ1) is 8.06. The maximum atomic E-state index is 6.15. The molecule has 0 aliphatic heterocycles. The van der Waals surface area contributed by atoms with Gasteiger partial charge in [-0.05, 0) is 36.2 Å². The summed E-state index contributed by atoms with van der Waals surface area (Å²) in [5.41, 5.74) is 3.06. The van der Waals surface area contributed by atoms with Crippen molar-refractivity contribution in [3.63, 3.8) is 0 Å². The van der Waals surface area contributed by atoms with Crippen molar-refractivity contribution >= 4 is 28.9 Å². The zero-order valence-corrected chi connectivity index (χ0v) is 11.3. The highest BCUT2D eigenvalue weighted by Crippen LogP contribution is 2.29. The zero-order valence-electron chi connectivity index (χ0n) is 9.80. The van der Waals surface area contributed by atoms with E-state index < -0.39 is 0 Å². The van der Waals surface area contributed by atoms with Crippen molar-refractivity contribution in [1.82, 2.24) is 4.57 Å². The van der Waals surface area contributed by atoms with Crippen molar-refractivity contribution in [3.05, 3.63) is 51.8 Å². The van der Waals surface area contributed by atoms with Crippen LogP contribution in [0.25, 0.3) is 0 Å². The Morgan fingerprint density at radius 3 is 2.65 bits per heavy atom. The molecule has 1 N–H and O–H groups in total. The van der Waals surface area contributed by atoms with Crippen LogP contribution in [0, 0.1) is 6.92 Å². The number of nitrogens with zero attached hydrogens (tertiary/aromatic N) is 1. The molecule has 2 nitrogen and oxygen atoms in total. The van der Waals surface area contributed by atoms with E-state index in [1.54, 1.807) is 0 Å². The number of anilines is 1. The van der Waals surface area contributed by atoms with Gasteiger partial charge in [0.2, 0.25) is 0 Å². The number of nitrogens with one attached hydrogen (secondary N) is 1. The summed E-state index contributed by atoms with van der Waals surface area (Å²) >= 11 is 12.2. The van der Waals surface area contributed by atoms with Gasteiger partial charge in [-0.3, -0.25) is 0 Å². The van der Waals surface area contributed by atoms with Gasteiger partial charge in [0.25, 0.3) is 0 Å². The first-order valence-electron chi connectivity index (χ1n) is 5.36. The van der Waals surface area contributed by atoms with Crippen LogP contribution >= 0.6 is 23.2 Å². The van der Waals surface area contributed by atoms with Gasteiger partial charge < -0.3 is 9.88 Å². The summed E-state index contributed by atoms with van der Waals surface area (Å²) in [5.74, 6) is 0. The van der Waals surface area contributed by atoms with Crippen molar-refractivity contribution in [2.75, 3.05) is 5.32 Å². The van der Waals surface area contributed by atoms with Crippen LogP contribution in [0.3, 0.4) is 0 Å². The lowest BCUT2D eigenvalue weighted by atomic mass is 10.2. The van der Waals surface area contributed by atoms with Crippen LogP contribution in [0.4, 0.5) is 5.69 Å². The Hall–Kier alpha value is -1.12. The second-order valence-electron chi connectivity index (χ2n) is 4.12. The number of aryl methyl sites for hydroxylation is 2. The summed E-state index contributed by atoms with van der Waals surface area (Å²) < 4.78 is 2.01. The molecule has 2 aromatic rings. The van der Waals surface area contributed by atoms with Gasteiger partial charge in [-0.25, -0.2) is 0 Å². The fourth-order valence-electron chi connectivity index (χ4n) is 1.64. The molecule has 17 heavy (non-hydrogen) atoms. The van der Waals surface area contributed by atoms with Gasteiger partial charge in [-0.1, -0.05) is 23.2 Å². The molecule has 0 radical (unpaired) electrons. The molecular formula is C13H14Cl2N2. The molecule has 0 amide bonds. The normalized spacial score (nSPS) is 10.6. The predicted octanol–water partition coefficient (Wildman–Crippen LogP) is 4.25. The largest absolute Gasteiger partial charge is 0.380 e. The predicted molar refractivity (Wildman–Crippen MR) is 73.9 cm³/mol. The van der Waals surface area contributed by atoms with Gasteiger partial charge in [0.05, 0.1) is 10.7 Å². The van der Waals surface area contributed by atoms with E-state index in [-0.39, 0.29) is 0 Å². The molecule has 0 unspecified atom stereocenters. The summed E-state index contributed by atoms with van der Waals surface area (Å²) in [4.78, 5) is 0. The monoisotopic (exact) mass is 268 g/mol. The Morgan fingerprint density at radius 2 is 2.00 bits per heavy atom. The minimum atomic E-state index is 0.697. The lowest BCUT2D eigenvalue weighted by Gasteiger charge is -2.09. The summed E-state index contributed by atoms with van der Waals surface area (Å²) in [6.07, 6.45) is 4.08. The molecule has 1 heterocycles. The van der Waals surface area contributed by atoms with E-state index >= 15 is 0 Å². The quantitative estimate of drug-likeness (QED) is 0.881. The minimum Gasteiger partial charge on any atom is -0.380 e. The van der Waals surface area contributed by atoms with Crippen molar-refractivity contribution in [1.29, 1.82) is 0 Å². The molecule has 0 saturated heterocycles. The number of benzene rings is 1. The Bertz CT molecular complexity index is 532. The van der Waals surface area contributed by atoms with Gasteiger partial charge in [0.1, 0.15) is 0 Å². The summed E-state index contributed by atoms with van der Waals surface area (Å²) in [6.45, 7) is 2.68. The first kappa shape index (κ1) is 12.3. The van der Waals surface area contributed by atoms with Crippen molar-refractivity contribution in [2.24, 2.45) is 7.05 Å². The lowest BCUT2D eigenvalue weighted by Crippen LogP contribution is -1.99. The topological polar surface area (TPSA) is 17.0 Å². The Morgan fingerprint density at radius 1 is 1.24 bits per heavy atom.